The van der Waals surface area contributed by atoms with Crippen molar-refractivity contribution in [2.45, 2.75) is 42.9 Å². The Labute approximate surface area is 124 Å². The van der Waals surface area contributed by atoms with E-state index < -0.39 is 10.0 Å². The van der Waals surface area contributed by atoms with Crippen LogP contribution in [-0.4, -0.2) is 61.2 Å². The summed E-state index contributed by atoms with van der Waals surface area (Å²) in [7, 11) is -3.58. The molecule has 0 radical (unpaired) electrons. The Morgan fingerprint density at radius 2 is 1.81 bits per heavy atom. The molecule has 2 aliphatic rings. The number of imidazole rings is 1. The summed E-state index contributed by atoms with van der Waals surface area (Å²) in [6.07, 6.45) is 6.45. The fourth-order valence-corrected chi connectivity index (χ4v) is 4.22. The Balaban J connectivity index is 1.76. The normalized spacial score (nSPS) is 26.7. The molecule has 2 saturated heterocycles. The summed E-state index contributed by atoms with van der Waals surface area (Å²) >= 11 is 0. The number of rotatable bonds is 6. The van der Waals surface area contributed by atoms with Gasteiger partial charge in [-0.15, -0.1) is 0 Å². The molecule has 0 aliphatic carbocycles. The fraction of sp³-hybridized carbons (Fsp3) is 0.769. The van der Waals surface area contributed by atoms with Gasteiger partial charge in [0, 0.05) is 26.3 Å². The number of ether oxygens (including phenoxy) is 2. The molecule has 1 N–H and O–H groups in total. The van der Waals surface area contributed by atoms with E-state index in [9.17, 15) is 8.42 Å². The first kappa shape index (κ1) is 15.0. The molecule has 2 atom stereocenters. The second kappa shape index (κ2) is 6.43. The lowest BCUT2D eigenvalue weighted by atomic mass is 10.2. The highest BCUT2D eigenvalue weighted by atomic mass is 32.2. The van der Waals surface area contributed by atoms with Crippen LogP contribution in [0.3, 0.4) is 0 Å². The molecule has 0 saturated carbocycles. The van der Waals surface area contributed by atoms with Gasteiger partial charge in [0.15, 0.2) is 5.03 Å². The number of sulfonamides is 1. The Morgan fingerprint density at radius 1 is 1.19 bits per heavy atom. The van der Waals surface area contributed by atoms with Gasteiger partial charge in [0.2, 0.25) is 0 Å². The van der Waals surface area contributed by atoms with Gasteiger partial charge in [-0.05, 0) is 25.7 Å². The Hall–Kier alpha value is -0.960. The van der Waals surface area contributed by atoms with Crippen molar-refractivity contribution < 1.29 is 17.9 Å². The minimum absolute atomic E-state index is 0.0240. The van der Waals surface area contributed by atoms with E-state index in [0.717, 1.165) is 25.7 Å². The largest absolute Gasteiger partial charge is 0.377 e. The molecule has 0 aromatic carbocycles. The number of aromatic amines is 1. The molecule has 8 heteroatoms. The van der Waals surface area contributed by atoms with Gasteiger partial charge in [0.25, 0.3) is 10.0 Å². The molecule has 0 bridgehead atoms. The molecule has 0 amide bonds. The standard InChI is InChI=1S/C13H21N3O4S/c17-21(18,13-7-14-10-15-13)16(8-11-3-1-5-19-11)9-12-4-2-6-20-12/h7,10-12H,1-6,8-9H2,(H,14,15). The van der Waals surface area contributed by atoms with Gasteiger partial charge in [0.1, 0.15) is 0 Å². The van der Waals surface area contributed by atoms with Gasteiger partial charge < -0.3 is 14.5 Å². The topological polar surface area (TPSA) is 84.5 Å². The maximum Gasteiger partial charge on any atom is 0.260 e. The lowest BCUT2D eigenvalue weighted by molar-refractivity contribution is 0.0648. The van der Waals surface area contributed by atoms with Crippen molar-refractivity contribution in [1.82, 2.24) is 14.3 Å². The average Bonchev–Trinajstić information content (AvgIpc) is 3.22. The Bertz CT molecular complexity index is 516. The molecule has 2 aliphatic heterocycles. The maximum atomic E-state index is 12.7. The minimum Gasteiger partial charge on any atom is -0.377 e. The SMILES string of the molecule is O=S(=O)(c1cnc[nH]1)N(CC1CCCO1)CC1CCCO1. The van der Waals surface area contributed by atoms with Gasteiger partial charge in [-0.2, -0.15) is 4.31 Å². The zero-order valence-electron chi connectivity index (χ0n) is 11.9. The lowest BCUT2D eigenvalue weighted by Gasteiger charge is -2.26. The van der Waals surface area contributed by atoms with Gasteiger partial charge in [-0.3, -0.25) is 0 Å². The predicted octanol–water partition coefficient (Wildman–Crippen LogP) is 0.758. The van der Waals surface area contributed by atoms with E-state index in [1.807, 2.05) is 0 Å². The van der Waals surface area contributed by atoms with Crippen LogP contribution in [0.2, 0.25) is 0 Å². The van der Waals surface area contributed by atoms with Crippen LogP contribution in [0.15, 0.2) is 17.6 Å². The number of hydrogen-bond donors (Lipinski definition) is 1. The van der Waals surface area contributed by atoms with Gasteiger partial charge in [-0.1, -0.05) is 0 Å². The molecule has 2 fully saturated rings. The molecule has 2 unspecified atom stereocenters. The summed E-state index contributed by atoms with van der Waals surface area (Å²) in [4.78, 5) is 6.50. The van der Waals surface area contributed by atoms with Crippen LogP contribution in [0.25, 0.3) is 0 Å². The number of nitrogens with one attached hydrogen (secondary N) is 1. The van der Waals surface area contributed by atoms with E-state index in [4.69, 9.17) is 9.47 Å². The maximum absolute atomic E-state index is 12.7. The van der Waals surface area contributed by atoms with Crippen molar-refractivity contribution in [2.24, 2.45) is 0 Å². The quantitative estimate of drug-likeness (QED) is 0.838. The van der Waals surface area contributed by atoms with Crippen molar-refractivity contribution in [1.29, 1.82) is 0 Å². The first-order valence-electron chi connectivity index (χ1n) is 7.38. The van der Waals surface area contributed by atoms with Crippen LogP contribution in [-0.2, 0) is 19.5 Å². The summed E-state index contributed by atoms with van der Waals surface area (Å²) in [6.45, 7) is 2.17. The molecular weight excluding hydrogens is 294 g/mol. The number of aromatic nitrogens is 2. The third kappa shape index (κ3) is 3.45. The highest BCUT2D eigenvalue weighted by Gasteiger charge is 2.32. The average molecular weight is 315 g/mol. The first-order valence-corrected chi connectivity index (χ1v) is 8.82. The Kier molecular flexibility index (Phi) is 4.58. The lowest BCUT2D eigenvalue weighted by Crippen LogP contribution is -2.42. The third-order valence-corrected chi connectivity index (χ3v) is 5.71. The van der Waals surface area contributed by atoms with E-state index in [1.54, 1.807) is 0 Å². The number of nitrogens with zero attached hydrogens (tertiary/aromatic N) is 2. The smallest absolute Gasteiger partial charge is 0.260 e. The van der Waals surface area contributed by atoms with E-state index in [1.165, 1.54) is 16.8 Å². The molecule has 0 spiro atoms. The Morgan fingerprint density at radius 3 is 2.24 bits per heavy atom. The third-order valence-electron chi connectivity index (χ3n) is 3.95. The number of hydrogen-bond acceptors (Lipinski definition) is 5. The highest BCUT2D eigenvalue weighted by molar-refractivity contribution is 7.89. The monoisotopic (exact) mass is 315 g/mol. The number of H-pyrrole nitrogens is 1. The van der Waals surface area contributed by atoms with Crippen LogP contribution in [0.1, 0.15) is 25.7 Å². The van der Waals surface area contributed by atoms with Crippen molar-refractivity contribution in [3.63, 3.8) is 0 Å². The zero-order valence-corrected chi connectivity index (χ0v) is 12.7. The van der Waals surface area contributed by atoms with Crippen LogP contribution < -0.4 is 0 Å². The van der Waals surface area contributed by atoms with E-state index in [2.05, 4.69) is 9.97 Å². The van der Waals surface area contributed by atoms with Gasteiger partial charge >= 0.3 is 0 Å². The molecule has 1 aromatic rings. The summed E-state index contributed by atoms with van der Waals surface area (Å²) in [5.74, 6) is 0. The molecule has 3 rings (SSSR count). The molecule has 7 nitrogen and oxygen atoms in total. The first-order chi connectivity index (χ1) is 10.2. The van der Waals surface area contributed by atoms with Crippen molar-refractivity contribution in [2.75, 3.05) is 26.3 Å². The molecule has 21 heavy (non-hydrogen) atoms. The predicted molar refractivity (Wildman–Crippen MR) is 75.3 cm³/mol. The molecule has 1 aromatic heterocycles. The van der Waals surface area contributed by atoms with Crippen LogP contribution in [0.4, 0.5) is 0 Å². The summed E-state index contributed by atoms with van der Waals surface area (Å²) in [5.41, 5.74) is 0. The van der Waals surface area contributed by atoms with Gasteiger partial charge in [0.05, 0.1) is 24.7 Å². The van der Waals surface area contributed by atoms with Crippen LogP contribution in [0.5, 0.6) is 0 Å². The molecular formula is C13H21N3O4S. The van der Waals surface area contributed by atoms with E-state index in [0.29, 0.717) is 26.3 Å². The van der Waals surface area contributed by atoms with Crippen molar-refractivity contribution in [3.8, 4) is 0 Å². The highest BCUT2D eigenvalue weighted by Crippen LogP contribution is 2.22. The second-order valence-corrected chi connectivity index (χ2v) is 7.41. The van der Waals surface area contributed by atoms with Crippen molar-refractivity contribution >= 4 is 10.0 Å². The van der Waals surface area contributed by atoms with Crippen molar-refractivity contribution in [3.05, 3.63) is 12.5 Å². The van der Waals surface area contributed by atoms with Crippen LogP contribution in [0, 0.1) is 0 Å². The van der Waals surface area contributed by atoms with E-state index >= 15 is 0 Å². The van der Waals surface area contributed by atoms with Gasteiger partial charge in [-0.25, -0.2) is 13.4 Å². The fourth-order valence-electron chi connectivity index (χ4n) is 2.82. The minimum atomic E-state index is -3.58. The summed E-state index contributed by atoms with van der Waals surface area (Å²) < 4.78 is 38.1. The second-order valence-electron chi connectivity index (χ2n) is 5.51. The molecule has 3 heterocycles. The summed E-state index contributed by atoms with van der Waals surface area (Å²) in [5, 5.41) is 0.124. The van der Waals surface area contributed by atoms with Crippen LogP contribution >= 0.6 is 0 Å². The zero-order chi connectivity index (χ0) is 14.7. The molecule has 118 valence electrons. The summed E-state index contributed by atoms with van der Waals surface area (Å²) in [6, 6.07) is 0. The van der Waals surface area contributed by atoms with E-state index in [-0.39, 0.29) is 17.2 Å².